The van der Waals surface area contributed by atoms with Gasteiger partial charge in [0.2, 0.25) is 5.91 Å². The molecule has 0 aromatic rings. The molecule has 1 fully saturated rings. The average Bonchev–Trinajstić information content (AvgIpc) is 2.70. The van der Waals surface area contributed by atoms with E-state index in [0.717, 1.165) is 0 Å². The van der Waals surface area contributed by atoms with Crippen molar-refractivity contribution >= 4 is 5.91 Å². The number of methoxy groups -OCH3 is 1. The molecule has 15 heavy (non-hydrogen) atoms. The number of carbonyl (C=O) groups excluding carboxylic acids is 1. The normalized spacial score (nSPS) is 19.1. The van der Waals surface area contributed by atoms with E-state index in [-0.39, 0.29) is 11.9 Å². The zero-order valence-corrected chi connectivity index (χ0v) is 9.71. The highest BCUT2D eigenvalue weighted by Crippen LogP contribution is 2.17. The Hall–Kier alpha value is -0.610. The minimum Gasteiger partial charge on any atom is -0.383 e. The van der Waals surface area contributed by atoms with E-state index in [2.05, 4.69) is 10.6 Å². The fourth-order valence-electron chi connectivity index (χ4n) is 1.95. The molecule has 0 bridgehead atoms. The largest absolute Gasteiger partial charge is 0.383 e. The molecule has 0 heterocycles. The van der Waals surface area contributed by atoms with Gasteiger partial charge in [0.15, 0.2) is 0 Å². The van der Waals surface area contributed by atoms with Crippen LogP contribution in [0.1, 0.15) is 32.6 Å². The molecule has 0 spiro atoms. The van der Waals surface area contributed by atoms with Crippen LogP contribution in [-0.4, -0.2) is 38.3 Å². The Morgan fingerprint density at radius 2 is 2.13 bits per heavy atom. The van der Waals surface area contributed by atoms with Crippen molar-refractivity contribution in [3.05, 3.63) is 0 Å². The fourth-order valence-corrected chi connectivity index (χ4v) is 1.95. The minimum atomic E-state index is -0.0926. The first kappa shape index (κ1) is 12.5. The lowest BCUT2D eigenvalue weighted by Crippen LogP contribution is -2.46. The van der Waals surface area contributed by atoms with Crippen LogP contribution >= 0.6 is 0 Å². The number of rotatable bonds is 6. The van der Waals surface area contributed by atoms with E-state index in [0.29, 0.717) is 19.2 Å². The maximum atomic E-state index is 11.6. The smallest absolute Gasteiger partial charge is 0.236 e. The van der Waals surface area contributed by atoms with Gasteiger partial charge in [-0.2, -0.15) is 0 Å². The summed E-state index contributed by atoms with van der Waals surface area (Å²) in [6, 6.07) is 0.443. The molecule has 1 atom stereocenters. The van der Waals surface area contributed by atoms with Crippen molar-refractivity contribution in [3.63, 3.8) is 0 Å². The first-order valence-electron chi connectivity index (χ1n) is 5.76. The van der Waals surface area contributed by atoms with E-state index < -0.39 is 0 Å². The molecule has 1 aliphatic carbocycles. The summed E-state index contributed by atoms with van der Waals surface area (Å²) in [6.07, 6.45) is 4.98. The standard InChI is InChI=1S/C11H22N2O2/c1-9(11(14)12-7-8-15-2)13-10-5-3-4-6-10/h9-10,13H,3-8H2,1-2H3,(H,12,14). The van der Waals surface area contributed by atoms with Gasteiger partial charge in [0.25, 0.3) is 0 Å². The lowest BCUT2D eigenvalue weighted by atomic mass is 10.2. The summed E-state index contributed by atoms with van der Waals surface area (Å²) < 4.78 is 4.87. The van der Waals surface area contributed by atoms with Crippen LogP contribution in [0.25, 0.3) is 0 Å². The summed E-state index contributed by atoms with van der Waals surface area (Å²) in [6.45, 7) is 3.08. The van der Waals surface area contributed by atoms with E-state index in [1.165, 1.54) is 25.7 Å². The van der Waals surface area contributed by atoms with Crippen molar-refractivity contribution in [1.82, 2.24) is 10.6 Å². The van der Waals surface area contributed by atoms with E-state index in [9.17, 15) is 4.79 Å². The minimum absolute atomic E-state index is 0.0685. The first-order chi connectivity index (χ1) is 7.24. The van der Waals surface area contributed by atoms with Crippen LogP contribution in [0.2, 0.25) is 0 Å². The van der Waals surface area contributed by atoms with Crippen molar-refractivity contribution in [1.29, 1.82) is 0 Å². The molecule has 2 N–H and O–H groups in total. The van der Waals surface area contributed by atoms with Gasteiger partial charge in [-0.3, -0.25) is 4.79 Å². The summed E-state index contributed by atoms with van der Waals surface area (Å²) in [7, 11) is 1.63. The molecule has 1 saturated carbocycles. The summed E-state index contributed by atoms with van der Waals surface area (Å²) in [5.74, 6) is 0.0685. The highest BCUT2D eigenvalue weighted by atomic mass is 16.5. The lowest BCUT2D eigenvalue weighted by molar-refractivity contribution is -0.123. The third-order valence-corrected chi connectivity index (χ3v) is 2.84. The second-order valence-corrected chi connectivity index (χ2v) is 4.15. The van der Waals surface area contributed by atoms with Gasteiger partial charge < -0.3 is 15.4 Å². The van der Waals surface area contributed by atoms with Crippen LogP contribution in [-0.2, 0) is 9.53 Å². The molecule has 1 unspecified atom stereocenters. The van der Waals surface area contributed by atoms with Crippen LogP contribution in [0.5, 0.6) is 0 Å². The van der Waals surface area contributed by atoms with E-state index in [4.69, 9.17) is 4.74 Å². The Labute approximate surface area is 91.8 Å². The summed E-state index contributed by atoms with van der Waals surface area (Å²) in [5.41, 5.74) is 0. The second-order valence-electron chi connectivity index (χ2n) is 4.15. The average molecular weight is 214 g/mol. The van der Waals surface area contributed by atoms with Gasteiger partial charge in [0, 0.05) is 19.7 Å². The number of carbonyl (C=O) groups is 1. The zero-order chi connectivity index (χ0) is 11.1. The molecule has 0 aromatic carbocycles. The molecule has 1 amide bonds. The number of amides is 1. The Morgan fingerprint density at radius 1 is 1.47 bits per heavy atom. The monoisotopic (exact) mass is 214 g/mol. The van der Waals surface area contributed by atoms with Gasteiger partial charge in [-0.25, -0.2) is 0 Å². The predicted octanol–water partition coefficient (Wildman–Crippen LogP) is 0.670. The molecule has 1 rings (SSSR count). The fraction of sp³-hybridized carbons (Fsp3) is 0.909. The lowest BCUT2D eigenvalue weighted by Gasteiger charge is -2.18. The zero-order valence-electron chi connectivity index (χ0n) is 9.71. The molecular formula is C11H22N2O2. The predicted molar refractivity (Wildman–Crippen MR) is 59.7 cm³/mol. The Balaban J connectivity index is 2.14. The maximum Gasteiger partial charge on any atom is 0.236 e. The number of nitrogens with one attached hydrogen (secondary N) is 2. The van der Waals surface area contributed by atoms with Gasteiger partial charge >= 0.3 is 0 Å². The highest BCUT2D eigenvalue weighted by molar-refractivity contribution is 5.81. The van der Waals surface area contributed by atoms with Crippen LogP contribution < -0.4 is 10.6 Å². The van der Waals surface area contributed by atoms with Crippen LogP contribution in [0.4, 0.5) is 0 Å². The number of ether oxygens (including phenoxy) is 1. The van der Waals surface area contributed by atoms with Gasteiger partial charge in [-0.05, 0) is 19.8 Å². The summed E-state index contributed by atoms with van der Waals surface area (Å²) in [4.78, 5) is 11.6. The second kappa shape index (κ2) is 6.80. The molecule has 0 saturated heterocycles. The SMILES string of the molecule is COCCNC(=O)C(C)NC1CCCC1. The van der Waals surface area contributed by atoms with Gasteiger partial charge in [-0.1, -0.05) is 12.8 Å². The van der Waals surface area contributed by atoms with Crippen LogP contribution in [0.3, 0.4) is 0 Å². The molecule has 1 aliphatic rings. The Morgan fingerprint density at radius 3 is 2.73 bits per heavy atom. The molecule has 4 heteroatoms. The van der Waals surface area contributed by atoms with Gasteiger partial charge in [0.05, 0.1) is 12.6 Å². The van der Waals surface area contributed by atoms with Crippen LogP contribution in [0.15, 0.2) is 0 Å². The quantitative estimate of drug-likeness (QED) is 0.639. The van der Waals surface area contributed by atoms with Gasteiger partial charge in [-0.15, -0.1) is 0 Å². The third-order valence-electron chi connectivity index (χ3n) is 2.84. The van der Waals surface area contributed by atoms with Crippen molar-refractivity contribution < 1.29 is 9.53 Å². The number of hydrogen-bond donors (Lipinski definition) is 2. The molecular weight excluding hydrogens is 192 g/mol. The van der Waals surface area contributed by atoms with E-state index in [1.54, 1.807) is 7.11 Å². The first-order valence-corrected chi connectivity index (χ1v) is 5.76. The van der Waals surface area contributed by atoms with Crippen molar-refractivity contribution in [2.24, 2.45) is 0 Å². The summed E-state index contributed by atoms with van der Waals surface area (Å²) in [5, 5.41) is 6.18. The highest BCUT2D eigenvalue weighted by Gasteiger charge is 2.20. The van der Waals surface area contributed by atoms with Crippen molar-refractivity contribution in [3.8, 4) is 0 Å². The van der Waals surface area contributed by atoms with Crippen LogP contribution in [0, 0.1) is 0 Å². The Bertz CT molecular complexity index is 191. The molecule has 0 aliphatic heterocycles. The topological polar surface area (TPSA) is 50.4 Å². The molecule has 0 aromatic heterocycles. The third kappa shape index (κ3) is 4.62. The van der Waals surface area contributed by atoms with Crippen molar-refractivity contribution in [2.75, 3.05) is 20.3 Å². The van der Waals surface area contributed by atoms with Gasteiger partial charge in [0.1, 0.15) is 0 Å². The van der Waals surface area contributed by atoms with Crippen molar-refractivity contribution in [2.45, 2.75) is 44.7 Å². The molecule has 88 valence electrons. The summed E-state index contributed by atoms with van der Waals surface area (Å²) >= 11 is 0. The molecule has 0 radical (unpaired) electrons. The van der Waals surface area contributed by atoms with E-state index >= 15 is 0 Å². The van der Waals surface area contributed by atoms with E-state index in [1.807, 2.05) is 6.92 Å². The number of hydrogen-bond acceptors (Lipinski definition) is 3. The molecule has 4 nitrogen and oxygen atoms in total. The maximum absolute atomic E-state index is 11.6. The Kier molecular flexibility index (Phi) is 5.65.